The largest absolute Gasteiger partial charge is 0.366 e. The fourth-order valence-electron chi connectivity index (χ4n) is 1.19. The van der Waals surface area contributed by atoms with Crippen LogP contribution >= 0.6 is 12.2 Å². The van der Waals surface area contributed by atoms with Crippen molar-refractivity contribution in [3.05, 3.63) is 48.0 Å². The number of thiocarbonyl (C=S) groups is 1. The fraction of sp³-hybridized carbons (Fsp3) is 0.0833. The molecule has 0 fully saturated rings. The third-order valence-corrected chi connectivity index (χ3v) is 2.51. The highest BCUT2D eigenvalue weighted by Gasteiger charge is 2.08. The highest BCUT2D eigenvalue weighted by Crippen LogP contribution is 2.02. The summed E-state index contributed by atoms with van der Waals surface area (Å²) in [6, 6.07) is 9.25. The van der Waals surface area contributed by atoms with Crippen LogP contribution in [0.15, 0.2) is 42.5 Å². The van der Waals surface area contributed by atoms with Crippen LogP contribution < -0.4 is 11.2 Å². The number of nitrogens with zero attached hydrogens (tertiary/aromatic N) is 1. The summed E-state index contributed by atoms with van der Waals surface area (Å²) in [5.74, 6) is -1.16. The Morgan fingerprint density at radius 2 is 1.89 bits per heavy atom. The average molecular weight is 263 g/mol. The van der Waals surface area contributed by atoms with Crippen molar-refractivity contribution in [3.8, 4) is 0 Å². The van der Waals surface area contributed by atoms with Crippen molar-refractivity contribution in [2.24, 2.45) is 5.73 Å². The molecule has 0 aliphatic carbocycles. The lowest BCUT2D eigenvalue weighted by Crippen LogP contribution is -2.42. The lowest BCUT2D eigenvalue weighted by molar-refractivity contribution is -0.119. The first-order valence-electron chi connectivity index (χ1n) is 5.12. The van der Waals surface area contributed by atoms with Crippen molar-refractivity contribution in [1.29, 1.82) is 0 Å². The third-order valence-electron chi connectivity index (χ3n) is 2.00. The van der Waals surface area contributed by atoms with Gasteiger partial charge in [0.1, 0.15) is 4.99 Å². The molecule has 0 saturated carbocycles. The predicted octanol–water partition coefficient (Wildman–Crippen LogP) is 0.367. The van der Waals surface area contributed by atoms with Gasteiger partial charge in [0.15, 0.2) is 0 Å². The standard InChI is InChI=1S/C12H13N3O2S/c1-15(14-11(17)8-7-10(13)16)12(18)9-5-3-2-4-6-9/h2-8H,1H3,(H2,13,16)(H,14,17)/b8-7-. The Kier molecular flexibility index (Phi) is 5.01. The first-order valence-corrected chi connectivity index (χ1v) is 5.53. The van der Waals surface area contributed by atoms with Gasteiger partial charge in [0.25, 0.3) is 5.91 Å². The molecular weight excluding hydrogens is 250 g/mol. The highest BCUT2D eigenvalue weighted by atomic mass is 32.1. The Hall–Kier alpha value is -2.21. The van der Waals surface area contributed by atoms with Gasteiger partial charge in [-0.2, -0.15) is 0 Å². The second-order valence-corrected chi connectivity index (χ2v) is 3.83. The van der Waals surface area contributed by atoms with E-state index >= 15 is 0 Å². The predicted molar refractivity (Wildman–Crippen MR) is 72.4 cm³/mol. The monoisotopic (exact) mass is 263 g/mol. The van der Waals surface area contributed by atoms with Crippen molar-refractivity contribution >= 4 is 29.0 Å². The van der Waals surface area contributed by atoms with Crippen LogP contribution in [0.2, 0.25) is 0 Å². The van der Waals surface area contributed by atoms with E-state index in [0.717, 1.165) is 17.7 Å². The van der Waals surface area contributed by atoms with Crippen LogP contribution in [-0.2, 0) is 9.59 Å². The quantitative estimate of drug-likeness (QED) is 0.469. The molecule has 0 aliphatic rings. The van der Waals surface area contributed by atoms with Crippen LogP contribution in [0.1, 0.15) is 5.56 Å². The van der Waals surface area contributed by atoms with E-state index in [2.05, 4.69) is 5.43 Å². The summed E-state index contributed by atoms with van der Waals surface area (Å²) in [6.07, 6.45) is 2.03. The van der Waals surface area contributed by atoms with Gasteiger partial charge in [-0.25, -0.2) is 0 Å². The molecular formula is C12H13N3O2S. The summed E-state index contributed by atoms with van der Waals surface area (Å²) in [6.45, 7) is 0. The minimum atomic E-state index is -0.682. The lowest BCUT2D eigenvalue weighted by Gasteiger charge is -2.20. The molecule has 0 bridgehead atoms. The van der Waals surface area contributed by atoms with E-state index in [-0.39, 0.29) is 0 Å². The third kappa shape index (κ3) is 4.34. The summed E-state index contributed by atoms with van der Waals surface area (Å²) in [5, 5.41) is 1.40. The van der Waals surface area contributed by atoms with Crippen LogP contribution in [0.25, 0.3) is 0 Å². The van der Waals surface area contributed by atoms with E-state index in [9.17, 15) is 9.59 Å². The minimum absolute atomic E-state index is 0.469. The van der Waals surface area contributed by atoms with Crippen molar-refractivity contribution in [2.45, 2.75) is 0 Å². The fourth-order valence-corrected chi connectivity index (χ4v) is 1.37. The molecule has 3 N–H and O–H groups in total. The number of primary amides is 1. The summed E-state index contributed by atoms with van der Waals surface area (Å²) < 4.78 is 0. The van der Waals surface area contributed by atoms with Crippen LogP contribution in [-0.4, -0.2) is 28.9 Å². The van der Waals surface area contributed by atoms with Crippen LogP contribution in [0.3, 0.4) is 0 Å². The van der Waals surface area contributed by atoms with Gasteiger partial charge < -0.3 is 5.73 Å². The molecule has 0 heterocycles. The minimum Gasteiger partial charge on any atom is -0.366 e. The number of nitrogens with two attached hydrogens (primary N) is 1. The van der Waals surface area contributed by atoms with Gasteiger partial charge in [-0.15, -0.1) is 0 Å². The lowest BCUT2D eigenvalue weighted by atomic mass is 10.2. The zero-order chi connectivity index (χ0) is 13.5. The number of hydrazine groups is 1. The van der Waals surface area contributed by atoms with Gasteiger partial charge in [-0.05, 0) is 0 Å². The second kappa shape index (κ2) is 6.51. The van der Waals surface area contributed by atoms with Crippen LogP contribution in [0, 0.1) is 0 Å². The molecule has 6 heteroatoms. The Morgan fingerprint density at radius 3 is 2.44 bits per heavy atom. The summed E-state index contributed by atoms with van der Waals surface area (Å²) >= 11 is 5.19. The normalized spacial score (nSPS) is 10.1. The van der Waals surface area contributed by atoms with Crippen molar-refractivity contribution in [3.63, 3.8) is 0 Å². The molecule has 0 radical (unpaired) electrons. The SMILES string of the molecule is CN(NC(=O)/C=C\C(N)=O)C(=S)c1ccccc1. The smallest absolute Gasteiger partial charge is 0.262 e. The molecule has 18 heavy (non-hydrogen) atoms. The molecule has 0 aliphatic heterocycles. The maximum Gasteiger partial charge on any atom is 0.262 e. The summed E-state index contributed by atoms with van der Waals surface area (Å²) in [5.41, 5.74) is 8.18. The van der Waals surface area contributed by atoms with Gasteiger partial charge >= 0.3 is 0 Å². The summed E-state index contributed by atoms with van der Waals surface area (Å²) in [7, 11) is 1.62. The number of benzene rings is 1. The molecule has 1 rings (SSSR count). The van der Waals surface area contributed by atoms with Gasteiger partial charge in [-0.1, -0.05) is 42.5 Å². The molecule has 1 aromatic rings. The number of hydrogen-bond acceptors (Lipinski definition) is 3. The second-order valence-electron chi connectivity index (χ2n) is 3.44. The van der Waals surface area contributed by atoms with E-state index in [0.29, 0.717) is 4.99 Å². The number of hydrogen-bond donors (Lipinski definition) is 2. The maximum atomic E-state index is 11.4. The maximum absolute atomic E-state index is 11.4. The Balaban J connectivity index is 2.61. The van der Waals surface area contributed by atoms with Gasteiger partial charge in [0, 0.05) is 24.8 Å². The van der Waals surface area contributed by atoms with Crippen LogP contribution in [0.4, 0.5) is 0 Å². The van der Waals surface area contributed by atoms with E-state index < -0.39 is 11.8 Å². The van der Waals surface area contributed by atoms with Crippen molar-refractivity contribution in [1.82, 2.24) is 10.4 Å². The molecule has 0 unspecified atom stereocenters. The zero-order valence-electron chi connectivity index (χ0n) is 9.79. The topological polar surface area (TPSA) is 75.4 Å². The number of carbonyl (C=O) groups is 2. The van der Waals surface area contributed by atoms with E-state index in [1.807, 2.05) is 30.3 Å². The number of carbonyl (C=O) groups excluding carboxylic acids is 2. The molecule has 0 atom stereocenters. The highest BCUT2D eigenvalue weighted by molar-refractivity contribution is 7.80. The summed E-state index contributed by atoms with van der Waals surface area (Å²) in [4.78, 5) is 22.3. The van der Waals surface area contributed by atoms with E-state index in [1.54, 1.807) is 7.05 Å². The van der Waals surface area contributed by atoms with Gasteiger partial charge in [0.2, 0.25) is 5.91 Å². The van der Waals surface area contributed by atoms with Crippen LogP contribution in [0.5, 0.6) is 0 Å². The Labute approximate surface area is 110 Å². The van der Waals surface area contributed by atoms with Gasteiger partial charge in [0.05, 0.1) is 0 Å². The number of nitrogens with one attached hydrogen (secondary N) is 1. The molecule has 2 amide bonds. The Bertz CT molecular complexity index is 485. The van der Waals surface area contributed by atoms with Crippen molar-refractivity contribution in [2.75, 3.05) is 7.05 Å². The molecule has 0 aromatic heterocycles. The molecule has 0 spiro atoms. The van der Waals surface area contributed by atoms with Crippen molar-refractivity contribution < 1.29 is 9.59 Å². The molecule has 1 aromatic carbocycles. The van der Waals surface area contributed by atoms with Gasteiger partial charge in [-0.3, -0.25) is 20.0 Å². The Morgan fingerprint density at radius 1 is 1.28 bits per heavy atom. The number of rotatable bonds is 3. The first kappa shape index (κ1) is 13.9. The molecule has 5 nitrogen and oxygen atoms in total. The molecule has 0 saturated heterocycles. The first-order chi connectivity index (χ1) is 8.50. The van der Waals surface area contributed by atoms with E-state index in [1.165, 1.54) is 5.01 Å². The average Bonchev–Trinajstić information content (AvgIpc) is 2.36. The van der Waals surface area contributed by atoms with E-state index in [4.69, 9.17) is 18.0 Å². The number of amides is 2. The molecule has 94 valence electrons. The zero-order valence-corrected chi connectivity index (χ0v) is 10.6.